The lowest BCUT2D eigenvalue weighted by Crippen LogP contribution is -2.66. The Morgan fingerprint density at radius 2 is 1.61 bits per heavy atom. The molecule has 1 fully saturated rings. The molecule has 0 saturated carbocycles. The SMILES string of the molecule is CC(=O)NC1C(OC(=O)CCn2c(=O)sc3ccccc32)OC(COC(C)=O)C(OC(C)=O)C1OC(C)=O. The molecule has 1 saturated heterocycles. The van der Waals surface area contributed by atoms with Gasteiger partial charge in [-0.3, -0.25) is 33.3 Å². The molecular formula is C24H28N2O11S. The van der Waals surface area contributed by atoms with Crippen molar-refractivity contribution < 1.29 is 47.7 Å². The molecule has 3 rings (SSSR count). The number of hydrogen-bond donors (Lipinski definition) is 1. The van der Waals surface area contributed by atoms with Crippen molar-refractivity contribution in [2.75, 3.05) is 6.61 Å². The van der Waals surface area contributed by atoms with E-state index in [0.29, 0.717) is 5.52 Å². The Labute approximate surface area is 220 Å². The van der Waals surface area contributed by atoms with Crippen LogP contribution in [0.15, 0.2) is 29.1 Å². The average molecular weight is 553 g/mol. The van der Waals surface area contributed by atoms with Crippen molar-refractivity contribution in [2.24, 2.45) is 0 Å². The minimum Gasteiger partial charge on any atom is -0.463 e. The first-order chi connectivity index (χ1) is 18.0. The molecule has 1 aromatic heterocycles. The number of aromatic nitrogens is 1. The molecule has 5 unspecified atom stereocenters. The number of amides is 1. The molecule has 0 spiro atoms. The Kier molecular flexibility index (Phi) is 9.58. The normalized spacial score (nSPS) is 22.8. The average Bonchev–Trinajstić information content (AvgIpc) is 3.14. The van der Waals surface area contributed by atoms with E-state index < -0.39 is 67.0 Å². The number of nitrogens with one attached hydrogen (secondary N) is 1. The number of nitrogens with zero attached hydrogens (tertiary/aromatic N) is 1. The third-order valence-corrected chi connectivity index (χ3v) is 6.39. The summed E-state index contributed by atoms with van der Waals surface area (Å²) < 4.78 is 29.2. The van der Waals surface area contributed by atoms with E-state index >= 15 is 0 Å². The number of rotatable bonds is 9. The zero-order valence-electron chi connectivity index (χ0n) is 21.2. The van der Waals surface area contributed by atoms with E-state index in [1.54, 1.807) is 24.3 Å². The number of carbonyl (C=O) groups is 5. The molecule has 14 heteroatoms. The number of benzene rings is 1. The van der Waals surface area contributed by atoms with Crippen molar-refractivity contribution >= 4 is 51.3 Å². The Hall–Kier alpha value is -3.78. The maximum absolute atomic E-state index is 12.8. The number of aryl methyl sites for hydroxylation is 1. The molecule has 0 aliphatic carbocycles. The molecule has 13 nitrogen and oxygen atoms in total. The molecule has 0 bridgehead atoms. The zero-order chi connectivity index (χ0) is 28.0. The molecule has 0 radical (unpaired) electrons. The van der Waals surface area contributed by atoms with Crippen LogP contribution in [0.3, 0.4) is 0 Å². The van der Waals surface area contributed by atoms with Crippen molar-refractivity contribution in [1.82, 2.24) is 9.88 Å². The number of para-hydroxylation sites is 1. The van der Waals surface area contributed by atoms with Gasteiger partial charge in [-0.1, -0.05) is 23.5 Å². The third-order valence-electron chi connectivity index (χ3n) is 5.43. The van der Waals surface area contributed by atoms with E-state index in [4.69, 9.17) is 23.7 Å². The molecule has 1 aliphatic rings. The predicted octanol–water partition coefficient (Wildman–Crippen LogP) is 0.652. The van der Waals surface area contributed by atoms with Crippen LogP contribution in [0, 0.1) is 0 Å². The van der Waals surface area contributed by atoms with Gasteiger partial charge in [0.15, 0.2) is 12.2 Å². The summed E-state index contributed by atoms with van der Waals surface area (Å²) in [7, 11) is 0. The molecule has 1 N–H and O–H groups in total. The summed E-state index contributed by atoms with van der Waals surface area (Å²) in [6.45, 7) is 4.14. The van der Waals surface area contributed by atoms with E-state index in [2.05, 4.69) is 5.32 Å². The quantitative estimate of drug-likeness (QED) is 0.343. The summed E-state index contributed by atoms with van der Waals surface area (Å²) in [4.78, 5) is 72.1. The highest BCUT2D eigenvalue weighted by Crippen LogP contribution is 2.28. The van der Waals surface area contributed by atoms with E-state index in [1.165, 1.54) is 11.5 Å². The van der Waals surface area contributed by atoms with Crippen LogP contribution in [0.5, 0.6) is 0 Å². The minimum atomic E-state index is -1.51. The summed E-state index contributed by atoms with van der Waals surface area (Å²) in [5.41, 5.74) is 0.668. The van der Waals surface area contributed by atoms with Crippen LogP contribution in [0.2, 0.25) is 0 Å². The van der Waals surface area contributed by atoms with Gasteiger partial charge in [-0.05, 0) is 12.1 Å². The van der Waals surface area contributed by atoms with Crippen LogP contribution in [-0.2, 0) is 54.2 Å². The van der Waals surface area contributed by atoms with Crippen molar-refractivity contribution in [3.05, 3.63) is 33.9 Å². The maximum Gasteiger partial charge on any atom is 0.309 e. The predicted molar refractivity (Wildman–Crippen MR) is 131 cm³/mol. The summed E-state index contributed by atoms with van der Waals surface area (Å²) in [6.07, 6.45) is -5.61. The van der Waals surface area contributed by atoms with Gasteiger partial charge in [0, 0.05) is 34.2 Å². The topological polar surface area (TPSA) is 166 Å². The van der Waals surface area contributed by atoms with Gasteiger partial charge in [-0.2, -0.15) is 0 Å². The van der Waals surface area contributed by atoms with E-state index in [1.807, 2.05) is 0 Å². The van der Waals surface area contributed by atoms with Crippen molar-refractivity contribution in [3.63, 3.8) is 0 Å². The van der Waals surface area contributed by atoms with Gasteiger partial charge in [0.05, 0.1) is 16.6 Å². The second-order valence-corrected chi connectivity index (χ2v) is 9.44. The van der Waals surface area contributed by atoms with Gasteiger partial charge in [-0.15, -0.1) is 0 Å². The second-order valence-electron chi connectivity index (χ2n) is 8.45. The number of hydrogen-bond acceptors (Lipinski definition) is 12. The first-order valence-electron chi connectivity index (χ1n) is 11.6. The van der Waals surface area contributed by atoms with E-state index in [0.717, 1.165) is 36.8 Å². The lowest BCUT2D eigenvalue weighted by Gasteiger charge is -2.44. The van der Waals surface area contributed by atoms with Crippen molar-refractivity contribution in [3.8, 4) is 0 Å². The number of esters is 4. The highest BCUT2D eigenvalue weighted by Gasteiger charge is 2.52. The fourth-order valence-corrected chi connectivity index (χ4v) is 4.93. The first kappa shape index (κ1) is 28.8. The molecule has 2 aromatic rings. The van der Waals surface area contributed by atoms with Gasteiger partial charge in [-0.25, -0.2) is 0 Å². The first-order valence-corrected chi connectivity index (χ1v) is 12.5. The van der Waals surface area contributed by atoms with Gasteiger partial charge in [0.25, 0.3) is 0 Å². The Bertz CT molecular complexity index is 1270. The van der Waals surface area contributed by atoms with E-state index in [-0.39, 0.29) is 17.8 Å². The van der Waals surface area contributed by atoms with Crippen LogP contribution in [0.1, 0.15) is 34.1 Å². The molecule has 1 aromatic carbocycles. The fourth-order valence-electron chi connectivity index (χ4n) is 4.01. The van der Waals surface area contributed by atoms with Crippen LogP contribution >= 0.6 is 11.3 Å². The third kappa shape index (κ3) is 7.38. The van der Waals surface area contributed by atoms with Crippen molar-refractivity contribution in [2.45, 2.75) is 71.3 Å². The Balaban J connectivity index is 1.85. The summed E-state index contributed by atoms with van der Waals surface area (Å²) in [6, 6.07) is 5.85. The zero-order valence-corrected chi connectivity index (χ0v) is 22.0. The van der Waals surface area contributed by atoms with Gasteiger partial charge < -0.3 is 29.0 Å². The minimum absolute atomic E-state index is 0.0134. The molecule has 1 aliphatic heterocycles. The molecular weight excluding hydrogens is 524 g/mol. The summed E-state index contributed by atoms with van der Waals surface area (Å²) >= 11 is 1.04. The monoisotopic (exact) mass is 552 g/mol. The van der Waals surface area contributed by atoms with E-state index in [9.17, 15) is 28.8 Å². The number of thiazole rings is 1. The van der Waals surface area contributed by atoms with Gasteiger partial charge in [0.1, 0.15) is 18.8 Å². The summed E-state index contributed by atoms with van der Waals surface area (Å²) in [5, 5.41) is 2.51. The molecule has 5 atom stereocenters. The lowest BCUT2D eigenvalue weighted by molar-refractivity contribution is -0.271. The largest absolute Gasteiger partial charge is 0.463 e. The maximum atomic E-state index is 12.8. The smallest absolute Gasteiger partial charge is 0.309 e. The van der Waals surface area contributed by atoms with Gasteiger partial charge >= 0.3 is 28.8 Å². The molecule has 2 heterocycles. The number of ether oxygens (including phenoxy) is 5. The fraction of sp³-hybridized carbons (Fsp3) is 0.500. The standard InChI is InChI=1S/C24H28N2O11S/c1-12(27)25-20-22(35-15(4)30)21(34-14(3)29)17(11-33-13(2)28)36-23(20)37-19(31)9-10-26-16-7-5-6-8-18(16)38-24(26)32/h5-8,17,20-23H,9-11H2,1-4H3,(H,25,27). The molecule has 1 amide bonds. The van der Waals surface area contributed by atoms with Crippen LogP contribution in [-0.4, -0.2) is 71.6 Å². The number of carbonyl (C=O) groups excluding carboxylic acids is 5. The second kappa shape index (κ2) is 12.6. The Morgan fingerprint density at radius 3 is 2.24 bits per heavy atom. The highest BCUT2D eigenvalue weighted by molar-refractivity contribution is 7.16. The number of fused-ring (bicyclic) bond motifs is 1. The molecule has 206 valence electrons. The van der Waals surface area contributed by atoms with Crippen LogP contribution in [0.25, 0.3) is 10.2 Å². The lowest BCUT2D eigenvalue weighted by atomic mass is 9.96. The molecule has 38 heavy (non-hydrogen) atoms. The van der Waals surface area contributed by atoms with Crippen LogP contribution in [0.4, 0.5) is 0 Å². The highest BCUT2D eigenvalue weighted by atomic mass is 32.1. The Morgan fingerprint density at radius 1 is 0.947 bits per heavy atom. The van der Waals surface area contributed by atoms with Gasteiger partial charge in [0.2, 0.25) is 12.2 Å². The van der Waals surface area contributed by atoms with Crippen molar-refractivity contribution in [1.29, 1.82) is 0 Å². The summed E-state index contributed by atoms with van der Waals surface area (Å²) in [5.74, 6) is -3.55. The van der Waals surface area contributed by atoms with Crippen LogP contribution < -0.4 is 10.2 Å².